The van der Waals surface area contributed by atoms with Crippen molar-refractivity contribution in [3.63, 3.8) is 0 Å². The number of pyridine rings is 1. The fourth-order valence-electron chi connectivity index (χ4n) is 2.88. The standard InChI is InChI=1S/C18H20N2O/c1-3-17-15(9-11-21-17)18(20-4-2)14-7-5-6-13-8-10-19-12-16(13)14/h5-12,18,20H,3-4H2,1-2H3. The van der Waals surface area contributed by atoms with E-state index in [9.17, 15) is 0 Å². The minimum Gasteiger partial charge on any atom is -0.469 e. The summed E-state index contributed by atoms with van der Waals surface area (Å²) in [5.74, 6) is 1.04. The molecule has 108 valence electrons. The largest absolute Gasteiger partial charge is 0.469 e. The zero-order valence-corrected chi connectivity index (χ0v) is 12.5. The third-order valence-electron chi connectivity index (χ3n) is 3.85. The zero-order chi connectivity index (χ0) is 14.7. The van der Waals surface area contributed by atoms with Crippen molar-refractivity contribution in [1.29, 1.82) is 0 Å². The lowest BCUT2D eigenvalue weighted by Gasteiger charge is -2.20. The number of nitrogens with one attached hydrogen (secondary N) is 1. The Bertz CT molecular complexity index is 727. The van der Waals surface area contributed by atoms with Crippen molar-refractivity contribution in [2.24, 2.45) is 0 Å². The van der Waals surface area contributed by atoms with E-state index in [0.717, 1.165) is 18.7 Å². The number of aromatic nitrogens is 1. The van der Waals surface area contributed by atoms with Crippen LogP contribution in [0.4, 0.5) is 0 Å². The van der Waals surface area contributed by atoms with Crippen LogP contribution in [0.5, 0.6) is 0 Å². The van der Waals surface area contributed by atoms with Crippen LogP contribution < -0.4 is 5.32 Å². The molecule has 0 aliphatic rings. The molecule has 1 atom stereocenters. The van der Waals surface area contributed by atoms with Crippen LogP contribution in [0.2, 0.25) is 0 Å². The van der Waals surface area contributed by atoms with E-state index in [1.165, 1.54) is 21.9 Å². The van der Waals surface area contributed by atoms with Gasteiger partial charge in [-0.3, -0.25) is 4.98 Å². The molecular formula is C18H20N2O. The van der Waals surface area contributed by atoms with E-state index >= 15 is 0 Å². The highest BCUT2D eigenvalue weighted by atomic mass is 16.3. The quantitative estimate of drug-likeness (QED) is 0.765. The Labute approximate surface area is 125 Å². The van der Waals surface area contributed by atoms with Crippen LogP contribution in [0, 0.1) is 0 Å². The van der Waals surface area contributed by atoms with Gasteiger partial charge in [0.25, 0.3) is 0 Å². The number of hydrogen-bond donors (Lipinski definition) is 1. The van der Waals surface area contributed by atoms with Gasteiger partial charge < -0.3 is 9.73 Å². The predicted octanol–water partition coefficient (Wildman–Crippen LogP) is 4.09. The van der Waals surface area contributed by atoms with Crippen molar-refractivity contribution in [1.82, 2.24) is 10.3 Å². The molecule has 0 aliphatic heterocycles. The molecule has 1 aromatic carbocycles. The van der Waals surface area contributed by atoms with Crippen LogP contribution in [0.1, 0.15) is 36.8 Å². The Morgan fingerprint density at radius 2 is 2.05 bits per heavy atom. The summed E-state index contributed by atoms with van der Waals surface area (Å²) in [6, 6.07) is 10.7. The Balaban J connectivity index is 2.16. The molecule has 21 heavy (non-hydrogen) atoms. The van der Waals surface area contributed by atoms with Gasteiger partial charge >= 0.3 is 0 Å². The zero-order valence-electron chi connectivity index (χ0n) is 12.5. The highest BCUT2D eigenvalue weighted by Gasteiger charge is 2.20. The lowest BCUT2D eigenvalue weighted by Crippen LogP contribution is -2.22. The van der Waals surface area contributed by atoms with Crippen LogP contribution in [0.3, 0.4) is 0 Å². The number of aryl methyl sites for hydroxylation is 1. The van der Waals surface area contributed by atoms with Gasteiger partial charge in [0.05, 0.1) is 12.3 Å². The molecule has 3 heteroatoms. The average molecular weight is 280 g/mol. The van der Waals surface area contributed by atoms with Crippen molar-refractivity contribution in [3.05, 3.63) is 65.9 Å². The molecule has 2 aromatic heterocycles. The molecule has 0 saturated heterocycles. The van der Waals surface area contributed by atoms with E-state index in [1.54, 1.807) is 6.26 Å². The summed E-state index contributed by atoms with van der Waals surface area (Å²) < 4.78 is 5.62. The molecule has 1 N–H and O–H groups in total. The second-order valence-electron chi connectivity index (χ2n) is 5.09. The maximum absolute atomic E-state index is 5.62. The molecule has 0 fully saturated rings. The first-order valence-electron chi connectivity index (χ1n) is 7.47. The number of benzene rings is 1. The van der Waals surface area contributed by atoms with Crippen molar-refractivity contribution >= 4 is 10.8 Å². The normalized spacial score (nSPS) is 12.7. The Kier molecular flexibility index (Phi) is 4.02. The summed E-state index contributed by atoms with van der Waals surface area (Å²) in [4.78, 5) is 4.29. The van der Waals surface area contributed by atoms with Gasteiger partial charge in [0, 0.05) is 29.8 Å². The van der Waals surface area contributed by atoms with Gasteiger partial charge in [-0.15, -0.1) is 0 Å². The summed E-state index contributed by atoms with van der Waals surface area (Å²) in [7, 11) is 0. The Morgan fingerprint density at radius 3 is 2.86 bits per heavy atom. The lowest BCUT2D eigenvalue weighted by atomic mass is 9.94. The minimum atomic E-state index is 0.136. The van der Waals surface area contributed by atoms with E-state index in [-0.39, 0.29) is 6.04 Å². The maximum atomic E-state index is 5.62. The van der Waals surface area contributed by atoms with Crippen LogP contribution in [0.25, 0.3) is 10.8 Å². The first-order valence-corrected chi connectivity index (χ1v) is 7.47. The van der Waals surface area contributed by atoms with Crippen LogP contribution in [-0.2, 0) is 6.42 Å². The number of furan rings is 1. The topological polar surface area (TPSA) is 38.1 Å². The molecule has 0 spiro atoms. The van der Waals surface area contributed by atoms with Crippen LogP contribution >= 0.6 is 0 Å². The van der Waals surface area contributed by atoms with Gasteiger partial charge in [-0.25, -0.2) is 0 Å². The summed E-state index contributed by atoms with van der Waals surface area (Å²) in [6.07, 6.45) is 6.46. The molecule has 1 unspecified atom stereocenters. The summed E-state index contributed by atoms with van der Waals surface area (Å²) >= 11 is 0. The first-order chi connectivity index (χ1) is 10.3. The van der Waals surface area contributed by atoms with E-state index in [1.807, 2.05) is 12.4 Å². The second-order valence-corrected chi connectivity index (χ2v) is 5.09. The number of rotatable bonds is 5. The van der Waals surface area contributed by atoms with Gasteiger partial charge in [-0.1, -0.05) is 32.0 Å². The first kappa shape index (κ1) is 13.8. The molecule has 0 aliphatic carbocycles. The van der Waals surface area contributed by atoms with E-state index in [2.05, 4.69) is 54.5 Å². The smallest absolute Gasteiger partial charge is 0.108 e. The van der Waals surface area contributed by atoms with Crippen molar-refractivity contribution in [2.75, 3.05) is 6.54 Å². The molecule has 3 aromatic rings. The van der Waals surface area contributed by atoms with Gasteiger partial charge in [0.1, 0.15) is 5.76 Å². The third kappa shape index (κ3) is 2.57. The molecule has 3 rings (SSSR count). The molecule has 0 radical (unpaired) electrons. The third-order valence-corrected chi connectivity index (χ3v) is 3.85. The SMILES string of the molecule is CCNC(c1ccoc1CC)c1cccc2ccncc12. The molecule has 3 nitrogen and oxygen atoms in total. The summed E-state index contributed by atoms with van der Waals surface area (Å²) in [5, 5.41) is 5.98. The van der Waals surface area contributed by atoms with Crippen LogP contribution in [0.15, 0.2) is 53.4 Å². The monoisotopic (exact) mass is 280 g/mol. The highest BCUT2D eigenvalue weighted by molar-refractivity contribution is 5.85. The summed E-state index contributed by atoms with van der Waals surface area (Å²) in [5.41, 5.74) is 2.47. The Morgan fingerprint density at radius 1 is 1.14 bits per heavy atom. The van der Waals surface area contributed by atoms with Gasteiger partial charge in [0.15, 0.2) is 0 Å². The van der Waals surface area contributed by atoms with Crippen molar-refractivity contribution < 1.29 is 4.42 Å². The molecule has 0 bridgehead atoms. The van der Waals surface area contributed by atoms with Crippen molar-refractivity contribution in [3.8, 4) is 0 Å². The average Bonchev–Trinajstić information content (AvgIpc) is 3.00. The lowest BCUT2D eigenvalue weighted by molar-refractivity contribution is 0.502. The van der Waals surface area contributed by atoms with Gasteiger partial charge in [-0.05, 0) is 29.6 Å². The van der Waals surface area contributed by atoms with Gasteiger partial charge in [-0.2, -0.15) is 0 Å². The van der Waals surface area contributed by atoms with Crippen LogP contribution in [-0.4, -0.2) is 11.5 Å². The Hall–Kier alpha value is -2.13. The summed E-state index contributed by atoms with van der Waals surface area (Å²) in [6.45, 7) is 5.15. The van der Waals surface area contributed by atoms with E-state index < -0.39 is 0 Å². The number of nitrogens with zero attached hydrogens (tertiary/aromatic N) is 1. The maximum Gasteiger partial charge on any atom is 0.108 e. The fraction of sp³-hybridized carbons (Fsp3) is 0.278. The number of fused-ring (bicyclic) bond motifs is 1. The molecular weight excluding hydrogens is 260 g/mol. The predicted molar refractivity (Wildman–Crippen MR) is 85.3 cm³/mol. The van der Waals surface area contributed by atoms with E-state index in [0.29, 0.717) is 0 Å². The van der Waals surface area contributed by atoms with E-state index in [4.69, 9.17) is 4.42 Å². The second kappa shape index (κ2) is 6.10. The van der Waals surface area contributed by atoms with Gasteiger partial charge in [0.2, 0.25) is 0 Å². The minimum absolute atomic E-state index is 0.136. The molecule has 0 saturated carbocycles. The molecule has 0 amide bonds. The molecule has 2 heterocycles. The highest BCUT2D eigenvalue weighted by Crippen LogP contribution is 2.31. The van der Waals surface area contributed by atoms with Crippen molar-refractivity contribution in [2.45, 2.75) is 26.3 Å². The fourth-order valence-corrected chi connectivity index (χ4v) is 2.88. The number of hydrogen-bond acceptors (Lipinski definition) is 3.